The molecule has 0 N–H and O–H groups in total. The van der Waals surface area contributed by atoms with Gasteiger partial charge in [0.15, 0.2) is 0 Å². The second-order valence-electron chi connectivity index (χ2n) is 4.70. The lowest BCUT2D eigenvalue weighted by atomic mass is 9.90. The Balaban J connectivity index is 2.01. The van der Waals surface area contributed by atoms with Crippen LogP contribution in [0.5, 0.6) is 5.75 Å². The van der Waals surface area contributed by atoms with Crippen LogP contribution in [0, 0.1) is 11.2 Å². The van der Waals surface area contributed by atoms with Crippen LogP contribution in [-0.2, 0) is 0 Å². The van der Waals surface area contributed by atoms with Crippen molar-refractivity contribution in [2.75, 3.05) is 11.9 Å². The molecule has 1 aliphatic carbocycles. The van der Waals surface area contributed by atoms with Crippen LogP contribution < -0.4 is 4.74 Å². The van der Waals surface area contributed by atoms with Gasteiger partial charge in [-0.3, -0.25) is 0 Å². The third-order valence-electron chi connectivity index (χ3n) is 3.38. The first-order valence-corrected chi connectivity index (χ1v) is 7.70. The number of hydrogen-bond donors (Lipinski definition) is 0. The smallest absolute Gasteiger partial charge is 0.133 e. The molecular formula is C13H15Br2FO. The Bertz CT molecular complexity index is 389. The van der Waals surface area contributed by atoms with Crippen molar-refractivity contribution in [2.45, 2.75) is 25.7 Å². The average molecular weight is 366 g/mol. The highest BCUT2D eigenvalue weighted by Crippen LogP contribution is 2.40. The molecule has 0 radical (unpaired) electrons. The van der Waals surface area contributed by atoms with Gasteiger partial charge in [-0.25, -0.2) is 4.39 Å². The summed E-state index contributed by atoms with van der Waals surface area (Å²) >= 11 is 6.90. The van der Waals surface area contributed by atoms with Gasteiger partial charge >= 0.3 is 0 Å². The lowest BCUT2D eigenvalue weighted by Crippen LogP contribution is -2.27. The lowest BCUT2D eigenvalue weighted by molar-refractivity contribution is 0.173. The van der Waals surface area contributed by atoms with Gasteiger partial charge in [0.1, 0.15) is 11.6 Å². The molecule has 2 rings (SSSR count). The van der Waals surface area contributed by atoms with Gasteiger partial charge in [-0.05, 0) is 47.0 Å². The molecule has 1 saturated carbocycles. The van der Waals surface area contributed by atoms with Crippen LogP contribution in [-0.4, -0.2) is 11.9 Å². The molecule has 0 heterocycles. The summed E-state index contributed by atoms with van der Waals surface area (Å²) in [5, 5.41) is 0.971. The molecule has 1 aliphatic rings. The van der Waals surface area contributed by atoms with E-state index in [1.54, 1.807) is 6.07 Å². The fourth-order valence-electron chi connectivity index (χ4n) is 2.26. The maximum Gasteiger partial charge on any atom is 0.133 e. The first-order chi connectivity index (χ1) is 8.15. The van der Waals surface area contributed by atoms with E-state index in [0.29, 0.717) is 11.1 Å². The molecule has 17 heavy (non-hydrogen) atoms. The van der Waals surface area contributed by atoms with Gasteiger partial charge in [-0.2, -0.15) is 0 Å². The topological polar surface area (TPSA) is 9.23 Å². The van der Waals surface area contributed by atoms with Crippen molar-refractivity contribution in [1.82, 2.24) is 0 Å². The van der Waals surface area contributed by atoms with Crippen LogP contribution in [0.2, 0.25) is 0 Å². The molecule has 0 unspecified atom stereocenters. The number of benzene rings is 1. The zero-order chi connectivity index (χ0) is 12.3. The third-order valence-corrected chi connectivity index (χ3v) is 5.18. The number of ether oxygens (including phenoxy) is 1. The van der Waals surface area contributed by atoms with Crippen molar-refractivity contribution in [2.24, 2.45) is 5.41 Å². The second kappa shape index (κ2) is 5.70. The van der Waals surface area contributed by atoms with Crippen molar-refractivity contribution in [3.63, 3.8) is 0 Å². The van der Waals surface area contributed by atoms with Crippen molar-refractivity contribution >= 4 is 31.9 Å². The maximum atomic E-state index is 12.9. The monoisotopic (exact) mass is 364 g/mol. The van der Waals surface area contributed by atoms with Crippen LogP contribution in [0.25, 0.3) is 0 Å². The van der Waals surface area contributed by atoms with Crippen LogP contribution in [0.3, 0.4) is 0 Å². The molecule has 0 bridgehead atoms. The van der Waals surface area contributed by atoms with Crippen LogP contribution in [0.1, 0.15) is 25.7 Å². The highest BCUT2D eigenvalue weighted by atomic mass is 79.9. The van der Waals surface area contributed by atoms with Crippen LogP contribution >= 0.6 is 31.9 Å². The van der Waals surface area contributed by atoms with E-state index in [2.05, 4.69) is 31.9 Å². The number of alkyl halides is 1. The Labute approximate surface area is 118 Å². The Kier molecular flexibility index (Phi) is 4.47. The fraction of sp³-hybridized carbons (Fsp3) is 0.538. The number of rotatable bonds is 4. The standard InChI is InChI=1S/C13H15Br2FO/c14-8-13(5-1-2-6-13)9-17-12-4-3-10(16)7-11(12)15/h3-4,7H,1-2,5-6,8-9H2. The van der Waals surface area contributed by atoms with Gasteiger partial charge in [-0.15, -0.1) is 0 Å². The van der Waals surface area contributed by atoms with Crippen molar-refractivity contribution < 1.29 is 9.13 Å². The van der Waals surface area contributed by atoms with E-state index < -0.39 is 0 Å². The summed E-state index contributed by atoms with van der Waals surface area (Å²) < 4.78 is 19.4. The highest BCUT2D eigenvalue weighted by molar-refractivity contribution is 9.10. The normalized spacial score (nSPS) is 18.3. The van der Waals surface area contributed by atoms with Crippen molar-refractivity contribution in [3.05, 3.63) is 28.5 Å². The fourth-order valence-corrected chi connectivity index (χ4v) is 3.45. The van der Waals surface area contributed by atoms with Gasteiger partial charge in [0.05, 0.1) is 11.1 Å². The third kappa shape index (κ3) is 3.22. The van der Waals surface area contributed by atoms with E-state index in [1.807, 2.05) is 0 Å². The Hall–Kier alpha value is -0.0900. The molecule has 1 nitrogen and oxygen atoms in total. The molecular weight excluding hydrogens is 351 g/mol. The molecule has 1 aromatic carbocycles. The Morgan fingerprint density at radius 2 is 2.00 bits per heavy atom. The lowest BCUT2D eigenvalue weighted by Gasteiger charge is -2.26. The predicted molar refractivity (Wildman–Crippen MR) is 74.3 cm³/mol. The van der Waals surface area contributed by atoms with E-state index in [1.165, 1.54) is 37.8 Å². The zero-order valence-corrected chi connectivity index (χ0v) is 12.7. The Morgan fingerprint density at radius 3 is 2.59 bits per heavy atom. The second-order valence-corrected chi connectivity index (χ2v) is 6.12. The summed E-state index contributed by atoms with van der Waals surface area (Å²) in [4.78, 5) is 0. The van der Waals surface area contributed by atoms with Crippen molar-refractivity contribution in [3.8, 4) is 5.75 Å². The molecule has 94 valence electrons. The zero-order valence-electron chi connectivity index (χ0n) is 9.52. The maximum absolute atomic E-state index is 12.9. The van der Waals surface area contributed by atoms with Gasteiger partial charge < -0.3 is 4.74 Å². The highest BCUT2D eigenvalue weighted by Gasteiger charge is 2.33. The Morgan fingerprint density at radius 1 is 1.29 bits per heavy atom. The van der Waals surface area contributed by atoms with Gasteiger partial charge in [-0.1, -0.05) is 28.8 Å². The summed E-state index contributed by atoms with van der Waals surface area (Å²) in [7, 11) is 0. The van der Waals surface area contributed by atoms with E-state index in [9.17, 15) is 4.39 Å². The summed E-state index contributed by atoms with van der Waals surface area (Å²) in [6, 6.07) is 4.54. The van der Waals surface area contributed by atoms with E-state index in [-0.39, 0.29) is 11.2 Å². The summed E-state index contributed by atoms with van der Waals surface area (Å²) in [6.45, 7) is 0.697. The first kappa shape index (κ1) is 13.3. The van der Waals surface area contributed by atoms with E-state index in [4.69, 9.17) is 4.74 Å². The molecule has 0 saturated heterocycles. The minimum absolute atomic E-state index is 0.250. The summed E-state index contributed by atoms with van der Waals surface area (Å²) in [6.07, 6.45) is 4.97. The molecule has 0 amide bonds. The quantitative estimate of drug-likeness (QED) is 0.688. The number of hydrogen-bond acceptors (Lipinski definition) is 1. The van der Waals surface area contributed by atoms with E-state index >= 15 is 0 Å². The minimum Gasteiger partial charge on any atom is -0.492 e. The summed E-state index contributed by atoms with van der Waals surface area (Å²) in [5.74, 6) is 0.471. The molecule has 0 spiro atoms. The molecule has 0 aromatic heterocycles. The average Bonchev–Trinajstić information content (AvgIpc) is 2.77. The first-order valence-electron chi connectivity index (χ1n) is 5.79. The predicted octanol–water partition coefficient (Wildman–Crippen LogP) is 4.92. The molecule has 4 heteroatoms. The molecule has 1 fully saturated rings. The summed E-state index contributed by atoms with van der Waals surface area (Å²) in [5.41, 5.74) is 0.258. The van der Waals surface area contributed by atoms with Crippen molar-refractivity contribution in [1.29, 1.82) is 0 Å². The number of halogens is 3. The molecule has 0 atom stereocenters. The van der Waals surface area contributed by atoms with Crippen LogP contribution in [0.15, 0.2) is 22.7 Å². The molecule has 1 aromatic rings. The SMILES string of the molecule is Fc1ccc(OCC2(CBr)CCCC2)c(Br)c1. The van der Waals surface area contributed by atoms with Gasteiger partial charge in [0.25, 0.3) is 0 Å². The van der Waals surface area contributed by atoms with E-state index in [0.717, 1.165) is 11.1 Å². The van der Waals surface area contributed by atoms with Gasteiger partial charge in [0.2, 0.25) is 0 Å². The van der Waals surface area contributed by atoms with Gasteiger partial charge in [0, 0.05) is 10.7 Å². The minimum atomic E-state index is -0.250. The largest absolute Gasteiger partial charge is 0.492 e. The van der Waals surface area contributed by atoms with Crippen LogP contribution in [0.4, 0.5) is 4.39 Å². The molecule has 0 aliphatic heterocycles.